The number of halogens is 1. The van der Waals surface area contributed by atoms with Gasteiger partial charge in [0, 0.05) is 17.2 Å². The molecule has 116 valence electrons. The molecule has 0 radical (unpaired) electrons. The Balaban J connectivity index is 1.66. The molecule has 5 nitrogen and oxygen atoms in total. The number of anilines is 1. The van der Waals surface area contributed by atoms with Crippen molar-refractivity contribution in [2.24, 2.45) is 0 Å². The fourth-order valence-electron chi connectivity index (χ4n) is 2.01. The summed E-state index contributed by atoms with van der Waals surface area (Å²) in [6, 6.07) is 11.8. The molecule has 0 fully saturated rings. The first kappa shape index (κ1) is 15.1. The predicted molar refractivity (Wildman–Crippen MR) is 86.7 cm³/mol. The summed E-state index contributed by atoms with van der Waals surface area (Å²) in [6.07, 6.45) is 2.96. The zero-order chi connectivity index (χ0) is 16.2. The van der Waals surface area contributed by atoms with E-state index in [2.05, 4.69) is 5.32 Å². The number of rotatable bonds is 3. The number of amides is 1. The second-order valence-electron chi connectivity index (χ2n) is 4.80. The molecule has 0 bridgehead atoms. The van der Waals surface area contributed by atoms with Crippen molar-refractivity contribution < 1.29 is 19.1 Å². The Bertz CT molecular complexity index is 784. The van der Waals surface area contributed by atoms with Crippen molar-refractivity contribution in [3.63, 3.8) is 0 Å². The van der Waals surface area contributed by atoms with Crippen LogP contribution in [0.2, 0.25) is 5.02 Å². The van der Waals surface area contributed by atoms with Gasteiger partial charge in [-0.1, -0.05) is 23.7 Å². The SMILES string of the molecule is O=C1COc2cc(OC(=O)/C=C/c3ccc(Cl)cc3)ccc2N1. The second-order valence-corrected chi connectivity index (χ2v) is 5.24. The topological polar surface area (TPSA) is 64.6 Å². The molecule has 0 aromatic heterocycles. The molecule has 0 aliphatic carbocycles. The van der Waals surface area contributed by atoms with Gasteiger partial charge >= 0.3 is 5.97 Å². The van der Waals surface area contributed by atoms with Gasteiger partial charge in [0.25, 0.3) is 5.91 Å². The number of esters is 1. The molecule has 0 saturated heterocycles. The van der Waals surface area contributed by atoms with E-state index in [1.165, 1.54) is 6.08 Å². The number of hydrogen-bond donors (Lipinski definition) is 1. The van der Waals surface area contributed by atoms with Crippen LogP contribution in [0.3, 0.4) is 0 Å². The van der Waals surface area contributed by atoms with Gasteiger partial charge < -0.3 is 14.8 Å². The molecule has 0 unspecified atom stereocenters. The molecule has 23 heavy (non-hydrogen) atoms. The fourth-order valence-corrected chi connectivity index (χ4v) is 2.13. The quantitative estimate of drug-likeness (QED) is 0.533. The lowest BCUT2D eigenvalue weighted by molar-refractivity contribution is -0.129. The molecular weight excluding hydrogens is 318 g/mol. The van der Waals surface area contributed by atoms with Crippen LogP contribution in [0, 0.1) is 0 Å². The number of ether oxygens (including phenoxy) is 2. The van der Waals surface area contributed by atoms with Crippen molar-refractivity contribution in [3.05, 3.63) is 59.1 Å². The minimum atomic E-state index is -0.514. The highest BCUT2D eigenvalue weighted by molar-refractivity contribution is 6.30. The summed E-state index contributed by atoms with van der Waals surface area (Å²) in [5.41, 5.74) is 1.39. The number of nitrogens with one attached hydrogen (secondary N) is 1. The van der Waals surface area contributed by atoms with Gasteiger partial charge in [-0.15, -0.1) is 0 Å². The average molecular weight is 330 g/mol. The van der Waals surface area contributed by atoms with Crippen LogP contribution in [-0.4, -0.2) is 18.5 Å². The van der Waals surface area contributed by atoms with Crippen molar-refractivity contribution in [1.29, 1.82) is 0 Å². The van der Waals surface area contributed by atoms with Crippen molar-refractivity contribution in [1.82, 2.24) is 0 Å². The Labute approximate surface area is 137 Å². The monoisotopic (exact) mass is 329 g/mol. The third-order valence-corrected chi connectivity index (χ3v) is 3.34. The Morgan fingerprint density at radius 3 is 2.78 bits per heavy atom. The summed E-state index contributed by atoms with van der Waals surface area (Å²) in [7, 11) is 0. The lowest BCUT2D eigenvalue weighted by Crippen LogP contribution is -2.25. The van der Waals surface area contributed by atoms with Crippen LogP contribution in [0.25, 0.3) is 6.08 Å². The van der Waals surface area contributed by atoms with Gasteiger partial charge in [0.1, 0.15) is 11.5 Å². The van der Waals surface area contributed by atoms with E-state index in [0.29, 0.717) is 22.2 Å². The molecule has 0 saturated carbocycles. The van der Waals surface area contributed by atoms with E-state index in [1.807, 2.05) is 0 Å². The molecule has 1 N–H and O–H groups in total. The molecule has 1 heterocycles. The largest absolute Gasteiger partial charge is 0.481 e. The summed E-state index contributed by atoms with van der Waals surface area (Å²) < 4.78 is 10.5. The standard InChI is InChI=1S/C17H12ClNO4/c18-12-4-1-11(2-5-12)3-8-17(21)23-13-6-7-14-15(9-13)22-10-16(20)19-14/h1-9H,10H2,(H,19,20)/b8-3+. The number of fused-ring (bicyclic) bond motifs is 1. The lowest BCUT2D eigenvalue weighted by Gasteiger charge is -2.18. The van der Waals surface area contributed by atoms with E-state index < -0.39 is 5.97 Å². The first-order valence-electron chi connectivity index (χ1n) is 6.82. The summed E-state index contributed by atoms with van der Waals surface area (Å²) in [4.78, 5) is 23.0. The molecule has 1 aliphatic heterocycles. The normalized spacial score (nSPS) is 13.2. The third kappa shape index (κ3) is 3.90. The summed E-state index contributed by atoms with van der Waals surface area (Å²) >= 11 is 5.80. The van der Waals surface area contributed by atoms with Crippen LogP contribution in [0.4, 0.5) is 5.69 Å². The van der Waals surface area contributed by atoms with Gasteiger partial charge in [-0.25, -0.2) is 4.79 Å². The maximum atomic E-state index is 11.8. The summed E-state index contributed by atoms with van der Waals surface area (Å²) in [5, 5.41) is 3.29. The molecule has 0 atom stereocenters. The van der Waals surface area contributed by atoms with E-state index >= 15 is 0 Å². The summed E-state index contributed by atoms with van der Waals surface area (Å²) in [6.45, 7) is -0.0547. The average Bonchev–Trinajstić information content (AvgIpc) is 2.54. The van der Waals surface area contributed by atoms with Crippen molar-refractivity contribution in [3.8, 4) is 11.5 Å². The van der Waals surface area contributed by atoms with E-state index in [1.54, 1.807) is 48.5 Å². The Morgan fingerprint density at radius 2 is 2.00 bits per heavy atom. The van der Waals surface area contributed by atoms with Crippen molar-refractivity contribution >= 4 is 35.2 Å². The van der Waals surface area contributed by atoms with Gasteiger partial charge in [-0.05, 0) is 35.9 Å². The summed E-state index contributed by atoms with van der Waals surface area (Å²) in [5.74, 6) is 0.0788. The fraction of sp³-hybridized carbons (Fsp3) is 0.0588. The number of benzene rings is 2. The zero-order valence-corrected chi connectivity index (χ0v) is 12.7. The van der Waals surface area contributed by atoms with E-state index in [0.717, 1.165) is 5.56 Å². The smallest absolute Gasteiger partial charge is 0.336 e. The van der Waals surface area contributed by atoms with Gasteiger partial charge in [-0.2, -0.15) is 0 Å². The highest BCUT2D eigenvalue weighted by Gasteiger charge is 2.16. The maximum absolute atomic E-state index is 11.8. The molecule has 1 amide bonds. The second kappa shape index (κ2) is 6.54. The van der Waals surface area contributed by atoms with Gasteiger partial charge in [0.2, 0.25) is 0 Å². The first-order chi connectivity index (χ1) is 11.1. The highest BCUT2D eigenvalue weighted by atomic mass is 35.5. The number of hydrogen-bond acceptors (Lipinski definition) is 4. The highest BCUT2D eigenvalue weighted by Crippen LogP contribution is 2.31. The van der Waals surface area contributed by atoms with Crippen LogP contribution in [0.15, 0.2) is 48.5 Å². The van der Waals surface area contributed by atoms with Crippen LogP contribution in [-0.2, 0) is 9.59 Å². The Kier molecular flexibility index (Phi) is 4.30. The Hall–Kier alpha value is -2.79. The van der Waals surface area contributed by atoms with Gasteiger partial charge in [0.05, 0.1) is 5.69 Å². The molecule has 0 spiro atoms. The zero-order valence-electron chi connectivity index (χ0n) is 11.9. The van der Waals surface area contributed by atoms with Crippen LogP contribution in [0.1, 0.15) is 5.56 Å². The first-order valence-corrected chi connectivity index (χ1v) is 7.20. The molecule has 6 heteroatoms. The van der Waals surface area contributed by atoms with Crippen LogP contribution >= 0.6 is 11.6 Å². The molecule has 2 aromatic rings. The maximum Gasteiger partial charge on any atom is 0.336 e. The Morgan fingerprint density at radius 1 is 1.22 bits per heavy atom. The lowest BCUT2D eigenvalue weighted by atomic mass is 10.2. The van der Waals surface area contributed by atoms with E-state index in [4.69, 9.17) is 21.1 Å². The third-order valence-electron chi connectivity index (χ3n) is 3.09. The molecular formula is C17H12ClNO4. The van der Waals surface area contributed by atoms with Crippen LogP contribution < -0.4 is 14.8 Å². The molecule has 1 aliphatic rings. The molecule has 3 rings (SSSR count). The number of carbonyl (C=O) groups is 2. The van der Waals surface area contributed by atoms with Gasteiger partial charge in [-0.3, -0.25) is 4.79 Å². The van der Waals surface area contributed by atoms with Crippen LogP contribution in [0.5, 0.6) is 11.5 Å². The minimum Gasteiger partial charge on any atom is -0.481 e. The number of carbonyl (C=O) groups excluding carboxylic acids is 2. The van der Waals surface area contributed by atoms with Crippen molar-refractivity contribution in [2.75, 3.05) is 11.9 Å². The van der Waals surface area contributed by atoms with Crippen molar-refractivity contribution in [2.45, 2.75) is 0 Å². The van der Waals surface area contributed by atoms with Gasteiger partial charge in [0.15, 0.2) is 6.61 Å². The predicted octanol–water partition coefficient (Wildman–Crippen LogP) is 3.29. The minimum absolute atomic E-state index is 0.0547. The van der Waals surface area contributed by atoms with E-state index in [-0.39, 0.29) is 12.5 Å². The van der Waals surface area contributed by atoms with E-state index in [9.17, 15) is 9.59 Å². The molecule has 2 aromatic carbocycles.